The van der Waals surface area contributed by atoms with E-state index in [-0.39, 0.29) is 11.3 Å². The Morgan fingerprint density at radius 2 is 1.95 bits per heavy atom. The van der Waals surface area contributed by atoms with Crippen molar-refractivity contribution >= 4 is 17.5 Å². The van der Waals surface area contributed by atoms with Gasteiger partial charge in [-0.05, 0) is 48.2 Å². The molecule has 0 atom stereocenters. The van der Waals surface area contributed by atoms with E-state index >= 15 is 0 Å². The minimum absolute atomic E-state index is 0.0812. The summed E-state index contributed by atoms with van der Waals surface area (Å²) >= 11 is 5.92. The fraction of sp³-hybridized carbons (Fsp3) is 0.278. The van der Waals surface area contributed by atoms with Gasteiger partial charge in [-0.3, -0.25) is 4.79 Å². The molecule has 2 aromatic rings. The Balaban J connectivity index is 1.68. The molecule has 1 aliphatic carbocycles. The van der Waals surface area contributed by atoms with E-state index in [1.807, 2.05) is 48.5 Å². The summed E-state index contributed by atoms with van der Waals surface area (Å²) in [5.74, 6) is 0.878. The van der Waals surface area contributed by atoms with Crippen molar-refractivity contribution in [1.82, 2.24) is 5.32 Å². The molecule has 22 heavy (non-hydrogen) atoms. The zero-order valence-electron chi connectivity index (χ0n) is 12.4. The van der Waals surface area contributed by atoms with E-state index < -0.39 is 0 Å². The van der Waals surface area contributed by atoms with Crippen LogP contribution in [0.4, 0.5) is 0 Å². The Kier molecular flexibility index (Phi) is 4.08. The largest absolute Gasteiger partial charge is 0.497 e. The maximum atomic E-state index is 12.6. The molecule has 0 aliphatic heterocycles. The van der Waals surface area contributed by atoms with Gasteiger partial charge in [-0.15, -0.1) is 0 Å². The van der Waals surface area contributed by atoms with Gasteiger partial charge in [-0.1, -0.05) is 35.9 Å². The molecule has 0 unspecified atom stereocenters. The van der Waals surface area contributed by atoms with Crippen LogP contribution in [-0.4, -0.2) is 13.0 Å². The van der Waals surface area contributed by atoms with Crippen molar-refractivity contribution in [2.45, 2.75) is 24.8 Å². The molecule has 3 nitrogen and oxygen atoms in total. The van der Waals surface area contributed by atoms with Crippen LogP contribution < -0.4 is 10.1 Å². The van der Waals surface area contributed by atoms with Gasteiger partial charge in [-0.2, -0.15) is 0 Å². The highest BCUT2D eigenvalue weighted by atomic mass is 35.5. The van der Waals surface area contributed by atoms with Gasteiger partial charge >= 0.3 is 0 Å². The van der Waals surface area contributed by atoms with Gasteiger partial charge in [0, 0.05) is 11.6 Å². The zero-order chi connectivity index (χ0) is 15.6. The van der Waals surface area contributed by atoms with Crippen molar-refractivity contribution < 1.29 is 9.53 Å². The normalized spacial score (nSPS) is 15.2. The molecule has 0 spiro atoms. The van der Waals surface area contributed by atoms with Crippen LogP contribution in [0.3, 0.4) is 0 Å². The van der Waals surface area contributed by atoms with Crippen molar-refractivity contribution in [2.75, 3.05) is 7.11 Å². The van der Waals surface area contributed by atoms with Crippen LogP contribution in [-0.2, 0) is 16.8 Å². The Bertz CT molecular complexity index is 678. The molecule has 1 N–H and O–H groups in total. The SMILES string of the molecule is COc1cccc(CNC(=O)C2(c3ccc(Cl)cc3)CC2)c1. The molecule has 0 bridgehead atoms. The fourth-order valence-electron chi connectivity index (χ4n) is 2.67. The quantitative estimate of drug-likeness (QED) is 0.913. The van der Waals surface area contributed by atoms with Crippen molar-refractivity contribution in [3.8, 4) is 5.75 Å². The summed E-state index contributed by atoms with van der Waals surface area (Å²) in [6.07, 6.45) is 1.77. The Hall–Kier alpha value is -2.00. The Morgan fingerprint density at radius 1 is 1.23 bits per heavy atom. The van der Waals surface area contributed by atoms with Crippen LogP contribution in [0.15, 0.2) is 48.5 Å². The van der Waals surface area contributed by atoms with Crippen LogP contribution in [0.5, 0.6) is 5.75 Å². The molecule has 0 radical (unpaired) electrons. The first kappa shape index (κ1) is 14.9. The average molecular weight is 316 g/mol. The van der Waals surface area contributed by atoms with Crippen LogP contribution in [0.2, 0.25) is 5.02 Å². The number of rotatable bonds is 5. The second-order valence-corrected chi connectivity index (χ2v) is 6.06. The average Bonchev–Trinajstić information content (AvgIpc) is 3.35. The highest BCUT2D eigenvalue weighted by Crippen LogP contribution is 2.48. The summed E-state index contributed by atoms with van der Waals surface area (Å²) < 4.78 is 5.20. The van der Waals surface area contributed by atoms with Crippen LogP contribution in [0, 0.1) is 0 Å². The van der Waals surface area contributed by atoms with Gasteiger partial charge in [0.25, 0.3) is 0 Å². The van der Waals surface area contributed by atoms with Crippen LogP contribution in [0.25, 0.3) is 0 Å². The fourth-order valence-corrected chi connectivity index (χ4v) is 2.80. The maximum absolute atomic E-state index is 12.6. The van der Waals surface area contributed by atoms with E-state index in [0.29, 0.717) is 11.6 Å². The molecule has 2 aromatic carbocycles. The topological polar surface area (TPSA) is 38.3 Å². The molecule has 114 valence electrons. The predicted octanol–water partition coefficient (Wildman–Crippen LogP) is 3.70. The van der Waals surface area contributed by atoms with Gasteiger partial charge in [0.15, 0.2) is 0 Å². The Morgan fingerprint density at radius 3 is 2.59 bits per heavy atom. The van der Waals surface area contributed by atoms with Crippen LogP contribution in [0.1, 0.15) is 24.0 Å². The molecule has 0 heterocycles. The van der Waals surface area contributed by atoms with E-state index in [1.165, 1.54) is 0 Å². The minimum atomic E-state index is -0.372. The summed E-state index contributed by atoms with van der Waals surface area (Å²) in [7, 11) is 1.64. The van der Waals surface area contributed by atoms with E-state index in [4.69, 9.17) is 16.3 Å². The van der Waals surface area contributed by atoms with E-state index in [0.717, 1.165) is 29.7 Å². The predicted molar refractivity (Wildman–Crippen MR) is 87.2 cm³/mol. The number of benzene rings is 2. The van der Waals surface area contributed by atoms with E-state index in [1.54, 1.807) is 7.11 Å². The lowest BCUT2D eigenvalue weighted by Crippen LogP contribution is -2.34. The second kappa shape index (κ2) is 6.01. The number of halogens is 1. The van der Waals surface area contributed by atoms with Crippen molar-refractivity contribution in [3.05, 3.63) is 64.7 Å². The van der Waals surface area contributed by atoms with Gasteiger partial charge < -0.3 is 10.1 Å². The number of carbonyl (C=O) groups is 1. The first-order valence-electron chi connectivity index (χ1n) is 7.31. The van der Waals surface area contributed by atoms with Crippen molar-refractivity contribution in [1.29, 1.82) is 0 Å². The molecule has 1 amide bonds. The standard InChI is InChI=1S/C18H18ClNO2/c1-22-16-4-2-3-13(11-16)12-20-17(21)18(9-10-18)14-5-7-15(19)8-6-14/h2-8,11H,9-10,12H2,1H3,(H,20,21). The molecule has 3 rings (SSSR count). The van der Waals surface area contributed by atoms with Crippen LogP contribution >= 0.6 is 11.6 Å². The highest BCUT2D eigenvalue weighted by Gasteiger charge is 2.50. The number of hydrogen-bond donors (Lipinski definition) is 1. The second-order valence-electron chi connectivity index (χ2n) is 5.62. The smallest absolute Gasteiger partial charge is 0.230 e. The molecular weight excluding hydrogens is 298 g/mol. The molecule has 1 fully saturated rings. The summed E-state index contributed by atoms with van der Waals surface area (Å²) in [6, 6.07) is 15.3. The third-order valence-electron chi connectivity index (χ3n) is 4.17. The summed E-state index contributed by atoms with van der Waals surface area (Å²) in [5, 5.41) is 3.73. The number of carbonyl (C=O) groups excluding carboxylic acids is 1. The minimum Gasteiger partial charge on any atom is -0.497 e. The number of methoxy groups -OCH3 is 1. The third kappa shape index (κ3) is 2.95. The number of amides is 1. The summed E-state index contributed by atoms with van der Waals surface area (Å²) in [5.41, 5.74) is 1.70. The molecule has 0 saturated heterocycles. The Labute approximate surface area is 135 Å². The zero-order valence-corrected chi connectivity index (χ0v) is 13.2. The lowest BCUT2D eigenvalue weighted by molar-refractivity contribution is -0.123. The molecule has 4 heteroatoms. The van der Waals surface area contributed by atoms with Crippen molar-refractivity contribution in [2.24, 2.45) is 0 Å². The van der Waals surface area contributed by atoms with Gasteiger partial charge in [-0.25, -0.2) is 0 Å². The lowest BCUT2D eigenvalue weighted by atomic mass is 9.95. The molecule has 0 aromatic heterocycles. The van der Waals surface area contributed by atoms with Crippen molar-refractivity contribution in [3.63, 3.8) is 0 Å². The van der Waals surface area contributed by atoms with Gasteiger partial charge in [0.05, 0.1) is 12.5 Å². The number of nitrogens with one attached hydrogen (secondary N) is 1. The summed E-state index contributed by atoms with van der Waals surface area (Å²) in [6.45, 7) is 0.505. The number of hydrogen-bond acceptors (Lipinski definition) is 2. The summed E-state index contributed by atoms with van der Waals surface area (Å²) in [4.78, 5) is 12.6. The third-order valence-corrected chi connectivity index (χ3v) is 4.42. The highest BCUT2D eigenvalue weighted by molar-refractivity contribution is 6.30. The van der Waals surface area contributed by atoms with Gasteiger partial charge in [0.2, 0.25) is 5.91 Å². The first-order chi connectivity index (χ1) is 10.6. The number of ether oxygens (including phenoxy) is 1. The van der Waals surface area contributed by atoms with Gasteiger partial charge in [0.1, 0.15) is 5.75 Å². The monoisotopic (exact) mass is 315 g/mol. The molecule has 1 saturated carbocycles. The van der Waals surface area contributed by atoms with E-state index in [2.05, 4.69) is 5.32 Å². The first-order valence-corrected chi connectivity index (χ1v) is 7.69. The molecule has 1 aliphatic rings. The lowest BCUT2D eigenvalue weighted by Gasteiger charge is -2.16. The maximum Gasteiger partial charge on any atom is 0.230 e. The van der Waals surface area contributed by atoms with E-state index in [9.17, 15) is 4.79 Å². The molecular formula is C18H18ClNO2.